The standard InChI is InChI=1S/C13H21N3O4S/c1-3-14-13-6-12(4-5-15-13)21(18,19)16-7-10(2)20-11(8-16)9-17/h4-6,10-11,17H,3,7-9H2,1-2H3,(H,14,15). The third-order valence-electron chi connectivity index (χ3n) is 3.22. The van der Waals surface area contributed by atoms with E-state index < -0.39 is 16.1 Å². The molecule has 21 heavy (non-hydrogen) atoms. The number of aliphatic hydroxyl groups excluding tert-OH is 1. The number of hydrogen-bond donors (Lipinski definition) is 2. The lowest BCUT2D eigenvalue weighted by Gasteiger charge is -2.35. The molecule has 2 atom stereocenters. The molecule has 1 fully saturated rings. The summed E-state index contributed by atoms with van der Waals surface area (Å²) in [7, 11) is -3.62. The molecular formula is C13H21N3O4S. The molecule has 1 aliphatic rings. The number of rotatable bonds is 5. The molecule has 8 heteroatoms. The van der Waals surface area contributed by atoms with Gasteiger partial charge in [-0.1, -0.05) is 0 Å². The van der Waals surface area contributed by atoms with Crippen molar-refractivity contribution in [1.82, 2.24) is 9.29 Å². The monoisotopic (exact) mass is 315 g/mol. The van der Waals surface area contributed by atoms with Gasteiger partial charge in [0.2, 0.25) is 10.0 Å². The van der Waals surface area contributed by atoms with Crippen LogP contribution in [0.15, 0.2) is 23.2 Å². The summed E-state index contributed by atoms with van der Waals surface area (Å²) in [6, 6.07) is 3.00. The summed E-state index contributed by atoms with van der Waals surface area (Å²) in [5.74, 6) is 0.526. The fourth-order valence-corrected chi connectivity index (χ4v) is 3.86. The summed E-state index contributed by atoms with van der Waals surface area (Å²) >= 11 is 0. The first-order valence-corrected chi connectivity index (χ1v) is 8.37. The van der Waals surface area contributed by atoms with E-state index in [4.69, 9.17) is 4.74 Å². The van der Waals surface area contributed by atoms with Crippen LogP contribution in [-0.4, -0.2) is 61.3 Å². The van der Waals surface area contributed by atoms with Crippen molar-refractivity contribution in [2.75, 3.05) is 31.6 Å². The first-order valence-electron chi connectivity index (χ1n) is 6.93. The van der Waals surface area contributed by atoms with Crippen LogP contribution in [0.25, 0.3) is 0 Å². The van der Waals surface area contributed by atoms with Gasteiger partial charge in [0.1, 0.15) is 5.82 Å². The van der Waals surface area contributed by atoms with E-state index in [2.05, 4.69) is 10.3 Å². The Morgan fingerprint density at radius 3 is 2.95 bits per heavy atom. The van der Waals surface area contributed by atoms with Crippen molar-refractivity contribution in [3.8, 4) is 0 Å². The van der Waals surface area contributed by atoms with Crippen LogP contribution < -0.4 is 5.32 Å². The second-order valence-corrected chi connectivity index (χ2v) is 6.92. The highest BCUT2D eigenvalue weighted by molar-refractivity contribution is 7.89. The summed E-state index contributed by atoms with van der Waals surface area (Å²) in [6.45, 7) is 4.60. The summed E-state index contributed by atoms with van der Waals surface area (Å²) in [5, 5.41) is 12.2. The number of morpholine rings is 1. The van der Waals surface area contributed by atoms with E-state index in [1.807, 2.05) is 6.92 Å². The van der Waals surface area contributed by atoms with Crippen LogP contribution in [-0.2, 0) is 14.8 Å². The molecule has 118 valence electrons. The van der Waals surface area contributed by atoms with Gasteiger partial charge in [0.05, 0.1) is 23.7 Å². The SMILES string of the molecule is CCNc1cc(S(=O)(=O)N2CC(C)OC(CO)C2)ccn1. The molecule has 1 aliphatic heterocycles. The van der Waals surface area contributed by atoms with E-state index in [0.29, 0.717) is 12.4 Å². The van der Waals surface area contributed by atoms with Crippen molar-refractivity contribution in [1.29, 1.82) is 0 Å². The van der Waals surface area contributed by atoms with Crippen molar-refractivity contribution >= 4 is 15.8 Å². The number of sulfonamides is 1. The minimum atomic E-state index is -3.62. The lowest BCUT2D eigenvalue weighted by Crippen LogP contribution is -2.50. The molecule has 0 bridgehead atoms. The van der Waals surface area contributed by atoms with Crippen molar-refractivity contribution in [2.45, 2.75) is 31.0 Å². The van der Waals surface area contributed by atoms with Gasteiger partial charge in [-0.25, -0.2) is 13.4 Å². The van der Waals surface area contributed by atoms with Gasteiger partial charge in [0, 0.05) is 31.9 Å². The average Bonchev–Trinajstić information content (AvgIpc) is 2.47. The van der Waals surface area contributed by atoms with E-state index in [1.165, 1.54) is 22.6 Å². The third kappa shape index (κ3) is 3.70. The van der Waals surface area contributed by atoms with Crippen LogP contribution in [0.5, 0.6) is 0 Å². The molecule has 0 saturated carbocycles. The van der Waals surface area contributed by atoms with E-state index >= 15 is 0 Å². The molecule has 0 spiro atoms. The number of pyridine rings is 1. The lowest BCUT2D eigenvalue weighted by atomic mass is 10.2. The fourth-order valence-electron chi connectivity index (χ4n) is 2.30. The van der Waals surface area contributed by atoms with E-state index in [0.717, 1.165) is 0 Å². The maximum Gasteiger partial charge on any atom is 0.243 e. The Hall–Kier alpha value is -1.22. The Labute approximate surface area is 125 Å². The number of aromatic nitrogens is 1. The van der Waals surface area contributed by atoms with Crippen LogP contribution in [0, 0.1) is 0 Å². The Kier molecular flexibility index (Phi) is 5.15. The average molecular weight is 315 g/mol. The zero-order chi connectivity index (χ0) is 15.5. The number of ether oxygens (including phenoxy) is 1. The maximum absolute atomic E-state index is 12.7. The third-order valence-corrected chi connectivity index (χ3v) is 5.05. The highest BCUT2D eigenvalue weighted by Gasteiger charge is 2.33. The number of aliphatic hydroxyl groups is 1. The van der Waals surface area contributed by atoms with Gasteiger partial charge in [-0.2, -0.15) is 4.31 Å². The van der Waals surface area contributed by atoms with Gasteiger partial charge in [-0.15, -0.1) is 0 Å². The number of hydrogen-bond acceptors (Lipinski definition) is 6. The molecule has 0 amide bonds. The Bertz CT molecular complexity index is 579. The number of nitrogens with zero attached hydrogens (tertiary/aromatic N) is 2. The van der Waals surface area contributed by atoms with Crippen LogP contribution in [0.1, 0.15) is 13.8 Å². The van der Waals surface area contributed by atoms with Crippen LogP contribution in [0.3, 0.4) is 0 Å². The molecule has 2 unspecified atom stereocenters. The second kappa shape index (κ2) is 6.69. The van der Waals surface area contributed by atoms with Gasteiger partial charge in [0.15, 0.2) is 0 Å². The number of nitrogens with one attached hydrogen (secondary N) is 1. The molecule has 0 aliphatic carbocycles. The molecule has 1 saturated heterocycles. The Morgan fingerprint density at radius 2 is 2.29 bits per heavy atom. The predicted octanol–water partition coefficient (Wildman–Crippen LogP) is 0.284. The molecule has 1 aromatic heterocycles. The van der Waals surface area contributed by atoms with Crippen LogP contribution in [0.4, 0.5) is 5.82 Å². The highest BCUT2D eigenvalue weighted by atomic mass is 32.2. The van der Waals surface area contributed by atoms with Crippen molar-refractivity contribution in [3.63, 3.8) is 0 Å². The zero-order valence-corrected chi connectivity index (χ0v) is 13.0. The van der Waals surface area contributed by atoms with Crippen molar-refractivity contribution in [2.24, 2.45) is 0 Å². The molecule has 7 nitrogen and oxygen atoms in total. The lowest BCUT2D eigenvalue weighted by molar-refractivity contribution is -0.0750. The maximum atomic E-state index is 12.7. The minimum absolute atomic E-state index is 0.155. The molecule has 2 rings (SSSR count). The van der Waals surface area contributed by atoms with E-state index in [9.17, 15) is 13.5 Å². The first-order chi connectivity index (χ1) is 9.97. The predicted molar refractivity (Wildman–Crippen MR) is 78.6 cm³/mol. The van der Waals surface area contributed by atoms with Gasteiger partial charge >= 0.3 is 0 Å². The Balaban J connectivity index is 2.26. The molecule has 0 radical (unpaired) electrons. The quantitative estimate of drug-likeness (QED) is 0.811. The first kappa shape index (κ1) is 16.2. The summed E-state index contributed by atoms with van der Waals surface area (Å²) in [6.07, 6.45) is 0.734. The van der Waals surface area contributed by atoms with Gasteiger partial charge < -0.3 is 15.2 Å². The van der Waals surface area contributed by atoms with E-state index in [1.54, 1.807) is 6.92 Å². The molecular weight excluding hydrogens is 294 g/mol. The topological polar surface area (TPSA) is 91.8 Å². The summed E-state index contributed by atoms with van der Waals surface area (Å²) < 4.78 is 32.2. The van der Waals surface area contributed by atoms with Crippen LogP contribution >= 0.6 is 0 Å². The fraction of sp³-hybridized carbons (Fsp3) is 0.615. The van der Waals surface area contributed by atoms with Gasteiger partial charge in [-0.05, 0) is 19.9 Å². The summed E-state index contributed by atoms with van der Waals surface area (Å²) in [4.78, 5) is 4.27. The number of anilines is 1. The molecule has 2 heterocycles. The zero-order valence-electron chi connectivity index (χ0n) is 12.2. The highest BCUT2D eigenvalue weighted by Crippen LogP contribution is 2.22. The Morgan fingerprint density at radius 1 is 1.52 bits per heavy atom. The smallest absolute Gasteiger partial charge is 0.243 e. The normalized spacial score (nSPS) is 24.0. The molecule has 0 aromatic carbocycles. The summed E-state index contributed by atoms with van der Waals surface area (Å²) in [5.41, 5.74) is 0. The molecule has 2 N–H and O–H groups in total. The van der Waals surface area contributed by atoms with Crippen molar-refractivity contribution in [3.05, 3.63) is 18.3 Å². The van der Waals surface area contributed by atoms with Gasteiger partial charge in [0.25, 0.3) is 0 Å². The largest absolute Gasteiger partial charge is 0.394 e. The second-order valence-electron chi connectivity index (χ2n) is 4.98. The minimum Gasteiger partial charge on any atom is -0.394 e. The molecule has 1 aromatic rings. The van der Waals surface area contributed by atoms with Gasteiger partial charge in [-0.3, -0.25) is 0 Å². The van der Waals surface area contributed by atoms with Crippen LogP contribution in [0.2, 0.25) is 0 Å². The van der Waals surface area contributed by atoms with E-state index in [-0.39, 0.29) is 30.7 Å². The van der Waals surface area contributed by atoms with Crippen molar-refractivity contribution < 1.29 is 18.3 Å².